The summed E-state index contributed by atoms with van der Waals surface area (Å²) in [5.74, 6) is 3.14. The van der Waals surface area contributed by atoms with Gasteiger partial charge < -0.3 is 4.74 Å². The maximum Gasteiger partial charge on any atom is 0.158 e. The first-order valence-electron chi connectivity index (χ1n) is 5.96. The monoisotopic (exact) mass is 274 g/mol. The number of methoxy groups -OCH3 is 1. The molecule has 0 aromatic carbocycles. The van der Waals surface area contributed by atoms with Crippen LogP contribution >= 0.6 is 15.9 Å². The highest BCUT2D eigenvalue weighted by atomic mass is 79.9. The smallest absolute Gasteiger partial charge is 0.158 e. The normalized spacial score (nSPS) is 33.2. The van der Waals surface area contributed by atoms with Crippen molar-refractivity contribution in [2.24, 2.45) is 23.7 Å². The van der Waals surface area contributed by atoms with Gasteiger partial charge in [-0.25, -0.2) is 0 Å². The van der Waals surface area contributed by atoms with Crippen LogP contribution in [0.3, 0.4) is 0 Å². The van der Waals surface area contributed by atoms with Crippen molar-refractivity contribution < 1.29 is 4.74 Å². The summed E-state index contributed by atoms with van der Waals surface area (Å²) in [6.45, 7) is 7.03. The van der Waals surface area contributed by atoms with Gasteiger partial charge in [0.15, 0.2) is 4.67 Å². The van der Waals surface area contributed by atoms with Gasteiger partial charge >= 0.3 is 0 Å². The second-order valence-electron chi connectivity index (χ2n) is 5.16. The minimum atomic E-state index is 0.683. The Bertz CT molecular complexity index is 223. The van der Waals surface area contributed by atoms with Crippen LogP contribution in [0.25, 0.3) is 0 Å². The van der Waals surface area contributed by atoms with Crippen LogP contribution in [0.5, 0.6) is 0 Å². The molecule has 0 bridgehead atoms. The number of allylic oxidation sites excluding steroid dienone is 1. The summed E-state index contributed by atoms with van der Waals surface area (Å²) in [6.07, 6.45) is 6.32. The summed E-state index contributed by atoms with van der Waals surface area (Å²) in [7, 11) is 1.72. The standard InChI is InChI=1S/C13H23BrO/c1-9(2)12-6-5-10(3)7-11(12)8-13(14)15-4/h8-12H,5-7H2,1-4H3/b13-8-/t10-,11+,12+/m1/s1. The van der Waals surface area contributed by atoms with E-state index in [9.17, 15) is 0 Å². The van der Waals surface area contributed by atoms with E-state index in [4.69, 9.17) is 4.74 Å². The summed E-state index contributed by atoms with van der Waals surface area (Å²) >= 11 is 3.45. The molecule has 0 saturated heterocycles. The molecule has 1 aliphatic carbocycles. The molecule has 2 heteroatoms. The van der Waals surface area contributed by atoms with Gasteiger partial charge in [0.1, 0.15) is 0 Å². The van der Waals surface area contributed by atoms with E-state index in [1.165, 1.54) is 19.3 Å². The predicted octanol–water partition coefficient (Wildman–Crippen LogP) is 4.58. The molecule has 3 atom stereocenters. The zero-order chi connectivity index (χ0) is 11.4. The lowest BCUT2D eigenvalue weighted by Gasteiger charge is -2.35. The van der Waals surface area contributed by atoms with E-state index in [2.05, 4.69) is 42.8 Å². The van der Waals surface area contributed by atoms with Gasteiger partial charge in [0, 0.05) is 0 Å². The second kappa shape index (κ2) is 5.93. The van der Waals surface area contributed by atoms with Gasteiger partial charge in [-0.2, -0.15) is 0 Å². The van der Waals surface area contributed by atoms with Crippen LogP contribution in [-0.2, 0) is 4.74 Å². The molecule has 0 aliphatic heterocycles. The molecule has 1 aliphatic rings. The lowest BCUT2D eigenvalue weighted by atomic mass is 9.70. The fraction of sp³-hybridized carbons (Fsp3) is 0.846. The lowest BCUT2D eigenvalue weighted by molar-refractivity contribution is 0.174. The third-order valence-corrected chi connectivity index (χ3v) is 4.20. The van der Waals surface area contributed by atoms with Gasteiger partial charge in [-0.15, -0.1) is 0 Å². The Morgan fingerprint density at radius 3 is 2.60 bits per heavy atom. The molecule has 0 radical (unpaired) electrons. The molecule has 1 fully saturated rings. The Kier molecular flexibility index (Phi) is 5.17. The topological polar surface area (TPSA) is 9.23 Å². The van der Waals surface area contributed by atoms with E-state index < -0.39 is 0 Å². The predicted molar refractivity (Wildman–Crippen MR) is 68.9 cm³/mol. The van der Waals surface area contributed by atoms with Crippen molar-refractivity contribution in [3.05, 3.63) is 10.7 Å². The number of hydrogen-bond acceptors (Lipinski definition) is 1. The molecule has 0 unspecified atom stereocenters. The first-order valence-corrected chi connectivity index (χ1v) is 6.75. The highest BCUT2D eigenvalue weighted by Crippen LogP contribution is 2.39. The molecule has 0 aromatic heterocycles. The second-order valence-corrected chi connectivity index (χ2v) is 5.95. The van der Waals surface area contributed by atoms with Crippen LogP contribution in [0, 0.1) is 23.7 Å². The van der Waals surface area contributed by atoms with Gasteiger partial charge in [0.25, 0.3) is 0 Å². The molecule has 0 amide bonds. The fourth-order valence-corrected chi connectivity index (χ4v) is 3.04. The van der Waals surface area contributed by atoms with Crippen LogP contribution in [0.2, 0.25) is 0 Å². The van der Waals surface area contributed by atoms with Crippen LogP contribution < -0.4 is 0 Å². The van der Waals surface area contributed by atoms with Crippen molar-refractivity contribution in [1.29, 1.82) is 0 Å². The molecule has 0 aromatic rings. The molecule has 0 spiro atoms. The largest absolute Gasteiger partial charge is 0.490 e. The molecule has 88 valence electrons. The van der Waals surface area contributed by atoms with Crippen LogP contribution in [0.4, 0.5) is 0 Å². The van der Waals surface area contributed by atoms with Crippen molar-refractivity contribution in [2.75, 3.05) is 7.11 Å². The molecule has 15 heavy (non-hydrogen) atoms. The van der Waals surface area contributed by atoms with E-state index in [1.807, 2.05) is 0 Å². The minimum Gasteiger partial charge on any atom is -0.490 e. The molecular formula is C13H23BrO. The molecule has 0 N–H and O–H groups in total. The zero-order valence-electron chi connectivity index (χ0n) is 10.3. The summed E-state index contributed by atoms with van der Waals surface area (Å²) in [5, 5.41) is 0. The fourth-order valence-electron chi connectivity index (χ4n) is 2.70. The van der Waals surface area contributed by atoms with Gasteiger partial charge in [0.2, 0.25) is 0 Å². The Morgan fingerprint density at radius 2 is 2.07 bits per heavy atom. The highest BCUT2D eigenvalue weighted by Gasteiger charge is 2.29. The van der Waals surface area contributed by atoms with Crippen molar-refractivity contribution in [2.45, 2.75) is 40.0 Å². The van der Waals surface area contributed by atoms with Gasteiger partial charge in [-0.1, -0.05) is 27.2 Å². The number of rotatable bonds is 3. The first kappa shape index (κ1) is 13.1. The maximum absolute atomic E-state index is 5.19. The van der Waals surface area contributed by atoms with Gasteiger partial charge in [0.05, 0.1) is 7.11 Å². The van der Waals surface area contributed by atoms with Crippen molar-refractivity contribution in [3.8, 4) is 0 Å². The van der Waals surface area contributed by atoms with Crippen LogP contribution in [0.1, 0.15) is 40.0 Å². The molecular weight excluding hydrogens is 252 g/mol. The Labute approximate surface area is 102 Å². The summed E-state index contributed by atoms with van der Waals surface area (Å²) < 4.78 is 6.09. The average molecular weight is 275 g/mol. The summed E-state index contributed by atoms with van der Waals surface area (Å²) in [6, 6.07) is 0. The van der Waals surface area contributed by atoms with E-state index in [1.54, 1.807) is 7.11 Å². The number of halogens is 1. The Balaban J connectivity index is 2.70. The number of hydrogen-bond donors (Lipinski definition) is 0. The van der Waals surface area contributed by atoms with Gasteiger partial charge in [-0.05, 0) is 58.5 Å². The molecule has 1 nitrogen and oxygen atoms in total. The SMILES string of the molecule is CO/C(Br)=C\[C@@H]1C[C@H](C)CC[C@H]1C(C)C. The third-order valence-electron chi connectivity index (χ3n) is 3.61. The minimum absolute atomic E-state index is 0.683. The lowest BCUT2D eigenvalue weighted by Crippen LogP contribution is -2.26. The van der Waals surface area contributed by atoms with E-state index in [-0.39, 0.29) is 0 Å². The zero-order valence-corrected chi connectivity index (χ0v) is 11.9. The van der Waals surface area contributed by atoms with Gasteiger partial charge in [-0.3, -0.25) is 0 Å². The first-order chi connectivity index (χ1) is 7.04. The average Bonchev–Trinajstić information content (AvgIpc) is 2.17. The molecule has 1 saturated carbocycles. The molecule has 1 rings (SSSR count). The summed E-state index contributed by atoms with van der Waals surface area (Å²) in [5.41, 5.74) is 0. The summed E-state index contributed by atoms with van der Waals surface area (Å²) in [4.78, 5) is 0. The molecule has 0 heterocycles. The maximum atomic E-state index is 5.19. The quantitative estimate of drug-likeness (QED) is 0.685. The van der Waals surface area contributed by atoms with E-state index >= 15 is 0 Å². The van der Waals surface area contributed by atoms with E-state index in [0.29, 0.717) is 5.92 Å². The van der Waals surface area contributed by atoms with E-state index in [0.717, 1.165) is 22.4 Å². The Morgan fingerprint density at radius 1 is 1.40 bits per heavy atom. The van der Waals surface area contributed by atoms with Crippen molar-refractivity contribution >= 4 is 15.9 Å². The highest BCUT2D eigenvalue weighted by molar-refractivity contribution is 9.11. The van der Waals surface area contributed by atoms with Crippen LogP contribution in [-0.4, -0.2) is 7.11 Å². The van der Waals surface area contributed by atoms with Crippen molar-refractivity contribution in [1.82, 2.24) is 0 Å². The Hall–Kier alpha value is 0.0200. The number of ether oxygens (including phenoxy) is 1. The third kappa shape index (κ3) is 3.82. The van der Waals surface area contributed by atoms with Crippen molar-refractivity contribution in [3.63, 3.8) is 0 Å². The van der Waals surface area contributed by atoms with Crippen LogP contribution in [0.15, 0.2) is 10.7 Å².